The first-order valence-corrected chi connectivity index (χ1v) is 10.2. The van der Waals surface area contributed by atoms with Gasteiger partial charge in [-0.15, -0.1) is 11.3 Å². The van der Waals surface area contributed by atoms with Gasteiger partial charge in [0.1, 0.15) is 4.88 Å². The summed E-state index contributed by atoms with van der Waals surface area (Å²) >= 11 is 1.51. The molecule has 0 saturated carbocycles. The predicted molar refractivity (Wildman–Crippen MR) is 105 cm³/mol. The van der Waals surface area contributed by atoms with Crippen molar-refractivity contribution in [1.29, 1.82) is 0 Å². The molecule has 1 aromatic carbocycles. The molecule has 5 nitrogen and oxygen atoms in total. The van der Waals surface area contributed by atoms with Crippen LogP contribution >= 0.6 is 11.3 Å². The number of ether oxygens (including phenoxy) is 1. The first-order chi connectivity index (χ1) is 13.2. The topological polar surface area (TPSA) is 59.0 Å². The van der Waals surface area contributed by atoms with E-state index in [1.165, 1.54) is 46.0 Å². The van der Waals surface area contributed by atoms with Crippen molar-refractivity contribution in [3.05, 3.63) is 57.3 Å². The molecule has 1 aromatic heterocycles. The van der Waals surface area contributed by atoms with Gasteiger partial charge in [0.2, 0.25) is 0 Å². The molecule has 2 aromatic rings. The van der Waals surface area contributed by atoms with Crippen molar-refractivity contribution in [3.63, 3.8) is 0 Å². The SMILES string of the molecule is O=C(OCC(=O)N1CCC(c2ccccc2)=N1)c1cc2c(s1)CCCCC2. The molecule has 0 N–H and O–H groups in total. The van der Waals surface area contributed by atoms with E-state index in [1.807, 2.05) is 36.4 Å². The van der Waals surface area contributed by atoms with Crippen LogP contribution in [-0.2, 0) is 22.4 Å². The van der Waals surface area contributed by atoms with E-state index in [1.54, 1.807) is 0 Å². The zero-order valence-electron chi connectivity index (χ0n) is 15.1. The van der Waals surface area contributed by atoms with Gasteiger partial charge < -0.3 is 4.74 Å². The predicted octanol–water partition coefficient (Wildman–Crippen LogP) is 3.81. The van der Waals surface area contributed by atoms with Gasteiger partial charge in [-0.1, -0.05) is 36.8 Å². The molecule has 2 aliphatic rings. The third-order valence-corrected chi connectivity index (χ3v) is 6.19. The fourth-order valence-corrected chi connectivity index (χ4v) is 4.66. The van der Waals surface area contributed by atoms with Crippen molar-refractivity contribution in [3.8, 4) is 0 Å². The van der Waals surface area contributed by atoms with Gasteiger partial charge in [-0.25, -0.2) is 9.80 Å². The number of carbonyl (C=O) groups excluding carboxylic acids is 2. The van der Waals surface area contributed by atoms with Crippen molar-refractivity contribution in [1.82, 2.24) is 5.01 Å². The van der Waals surface area contributed by atoms with Crippen LogP contribution < -0.4 is 0 Å². The Morgan fingerprint density at radius 2 is 1.89 bits per heavy atom. The second kappa shape index (κ2) is 8.05. The Balaban J connectivity index is 1.34. The van der Waals surface area contributed by atoms with Gasteiger partial charge in [0.15, 0.2) is 6.61 Å². The van der Waals surface area contributed by atoms with Crippen LogP contribution in [0.1, 0.15) is 51.4 Å². The first kappa shape index (κ1) is 17.9. The number of esters is 1. The van der Waals surface area contributed by atoms with E-state index < -0.39 is 5.97 Å². The smallest absolute Gasteiger partial charge is 0.348 e. The van der Waals surface area contributed by atoms with Crippen LogP contribution in [0.2, 0.25) is 0 Å². The average molecular weight is 382 g/mol. The lowest BCUT2D eigenvalue weighted by molar-refractivity contribution is -0.134. The maximum atomic E-state index is 12.3. The minimum absolute atomic E-state index is 0.271. The van der Waals surface area contributed by atoms with E-state index in [0.717, 1.165) is 24.1 Å². The monoisotopic (exact) mass is 382 g/mol. The average Bonchev–Trinajstić information content (AvgIpc) is 3.29. The van der Waals surface area contributed by atoms with E-state index in [0.29, 0.717) is 17.8 Å². The fourth-order valence-electron chi connectivity index (χ4n) is 3.51. The third kappa shape index (κ3) is 4.11. The quantitative estimate of drug-likeness (QED) is 0.597. The second-order valence-corrected chi connectivity index (χ2v) is 8.01. The van der Waals surface area contributed by atoms with Crippen molar-refractivity contribution < 1.29 is 14.3 Å². The molecule has 2 heterocycles. The van der Waals surface area contributed by atoms with Gasteiger partial charge in [-0.3, -0.25) is 4.79 Å². The van der Waals surface area contributed by atoms with Crippen molar-refractivity contribution in [2.45, 2.75) is 38.5 Å². The highest BCUT2D eigenvalue weighted by molar-refractivity contribution is 7.14. The number of fused-ring (bicyclic) bond motifs is 1. The lowest BCUT2D eigenvalue weighted by Crippen LogP contribution is -2.28. The first-order valence-electron chi connectivity index (χ1n) is 9.42. The van der Waals surface area contributed by atoms with Gasteiger partial charge in [-0.2, -0.15) is 5.10 Å². The summed E-state index contributed by atoms with van der Waals surface area (Å²) < 4.78 is 5.26. The number of amides is 1. The summed E-state index contributed by atoms with van der Waals surface area (Å²) in [6.45, 7) is 0.251. The molecule has 0 unspecified atom stereocenters. The van der Waals surface area contributed by atoms with E-state index in [-0.39, 0.29) is 12.5 Å². The van der Waals surface area contributed by atoms with Crippen LogP contribution in [0.3, 0.4) is 0 Å². The molecule has 1 amide bonds. The van der Waals surface area contributed by atoms with E-state index in [9.17, 15) is 9.59 Å². The molecule has 0 spiro atoms. The molecule has 0 bridgehead atoms. The summed E-state index contributed by atoms with van der Waals surface area (Å²) in [6.07, 6.45) is 6.38. The van der Waals surface area contributed by atoms with Crippen molar-refractivity contribution >= 4 is 28.9 Å². The summed E-state index contributed by atoms with van der Waals surface area (Å²) in [6, 6.07) is 11.8. The largest absolute Gasteiger partial charge is 0.451 e. The minimum atomic E-state index is -0.409. The van der Waals surface area contributed by atoms with Gasteiger partial charge in [0.05, 0.1) is 12.3 Å². The van der Waals surface area contributed by atoms with Gasteiger partial charge >= 0.3 is 5.97 Å². The van der Waals surface area contributed by atoms with Crippen LogP contribution in [0.5, 0.6) is 0 Å². The Morgan fingerprint density at radius 1 is 1.07 bits per heavy atom. The standard InChI is InChI=1S/C21H22N2O3S/c24-20(23-12-11-17(22-23)15-7-3-1-4-8-15)14-26-21(25)19-13-16-9-5-2-6-10-18(16)27-19/h1,3-4,7-8,13H,2,5-6,9-12,14H2. The number of hydrogen-bond acceptors (Lipinski definition) is 5. The highest BCUT2D eigenvalue weighted by atomic mass is 32.1. The van der Waals surface area contributed by atoms with Crippen LogP contribution in [0, 0.1) is 0 Å². The molecule has 1 aliphatic carbocycles. The number of aryl methyl sites for hydroxylation is 2. The van der Waals surface area contributed by atoms with E-state index in [4.69, 9.17) is 4.74 Å². The van der Waals surface area contributed by atoms with Crippen LogP contribution in [0.4, 0.5) is 0 Å². The maximum Gasteiger partial charge on any atom is 0.348 e. The van der Waals surface area contributed by atoms with Crippen molar-refractivity contribution in [2.24, 2.45) is 5.10 Å². The summed E-state index contributed by atoms with van der Waals surface area (Å²) in [7, 11) is 0. The highest BCUT2D eigenvalue weighted by Gasteiger charge is 2.23. The Hall–Kier alpha value is -2.47. The molecule has 1 aliphatic heterocycles. The molecule has 140 valence electrons. The normalized spacial score (nSPS) is 16.4. The number of carbonyl (C=O) groups is 2. The summed E-state index contributed by atoms with van der Waals surface area (Å²) in [5, 5.41) is 5.79. The zero-order valence-corrected chi connectivity index (χ0v) is 16.0. The van der Waals surface area contributed by atoms with E-state index in [2.05, 4.69) is 5.10 Å². The Morgan fingerprint density at radius 3 is 2.74 bits per heavy atom. The Labute approximate surface area is 162 Å². The van der Waals surface area contributed by atoms with Gasteiger partial charge in [0.25, 0.3) is 5.91 Å². The molecule has 0 fully saturated rings. The lowest BCUT2D eigenvalue weighted by Gasteiger charge is -2.11. The number of rotatable bonds is 4. The molecule has 0 radical (unpaired) electrons. The highest BCUT2D eigenvalue weighted by Crippen LogP contribution is 2.29. The molecule has 6 heteroatoms. The molecule has 0 atom stereocenters. The molecular formula is C21H22N2O3S. The molecule has 27 heavy (non-hydrogen) atoms. The summed E-state index contributed by atoms with van der Waals surface area (Å²) in [4.78, 5) is 26.6. The van der Waals surface area contributed by atoms with Crippen molar-refractivity contribution in [2.75, 3.05) is 13.2 Å². The molecule has 4 rings (SSSR count). The zero-order chi connectivity index (χ0) is 18.6. The van der Waals surface area contributed by atoms with Crippen LogP contribution in [0.15, 0.2) is 41.5 Å². The Kier molecular flexibility index (Phi) is 5.34. The Bertz CT molecular complexity index is 849. The number of benzene rings is 1. The number of hydrogen-bond donors (Lipinski definition) is 0. The van der Waals surface area contributed by atoms with E-state index >= 15 is 0 Å². The summed E-state index contributed by atoms with van der Waals surface area (Å²) in [5.41, 5.74) is 3.18. The number of hydrazone groups is 1. The van der Waals surface area contributed by atoms with Crippen LogP contribution in [0.25, 0.3) is 0 Å². The van der Waals surface area contributed by atoms with Gasteiger partial charge in [-0.05, 0) is 42.9 Å². The summed E-state index contributed by atoms with van der Waals surface area (Å²) in [5.74, 6) is -0.694. The number of thiophene rings is 1. The van der Waals surface area contributed by atoms with Crippen LogP contribution in [-0.4, -0.2) is 35.7 Å². The third-order valence-electron chi connectivity index (χ3n) is 4.97. The number of nitrogens with zero attached hydrogens (tertiary/aromatic N) is 2. The second-order valence-electron chi connectivity index (χ2n) is 6.88. The molecule has 0 saturated heterocycles. The molecular weight excluding hydrogens is 360 g/mol. The fraction of sp³-hybridized carbons (Fsp3) is 0.381. The minimum Gasteiger partial charge on any atom is -0.451 e. The maximum absolute atomic E-state index is 12.3. The lowest BCUT2D eigenvalue weighted by atomic mass is 10.1. The van der Waals surface area contributed by atoms with Gasteiger partial charge in [0, 0.05) is 11.3 Å².